The average molecular weight is 563 g/mol. The smallest absolute Gasteiger partial charge is 0.271 e. The molecule has 0 bridgehead atoms. The van der Waals surface area contributed by atoms with E-state index in [1.807, 2.05) is 111 Å². The summed E-state index contributed by atoms with van der Waals surface area (Å²) in [5.74, 6) is -0.0623. The molecule has 9 nitrogen and oxygen atoms in total. The molecule has 0 aliphatic rings. The molecule has 9 heteroatoms. The number of nitrogens with one attached hydrogen (secondary N) is 2. The highest BCUT2D eigenvalue weighted by Gasteiger charge is 2.07. The van der Waals surface area contributed by atoms with E-state index in [2.05, 4.69) is 21.1 Å². The summed E-state index contributed by atoms with van der Waals surface area (Å²) in [6.45, 7) is 0.372. The molecule has 0 unspecified atom stereocenters. The summed E-state index contributed by atoms with van der Waals surface area (Å²) in [5.41, 5.74) is 10.5. The molecule has 0 aliphatic carbocycles. The maximum Gasteiger partial charge on any atom is 0.271 e. The average Bonchev–Trinajstić information content (AvgIpc) is 3.00. The standard InChI is InChI=1S/C33H34N6O3/c1-38(2)29-14-10-27(11-15-29)32(40)36-34-21-25-18-26(20-31(19-25)42-23-24-8-6-5-7-9-24)22-35-37-33(41)28-12-16-30(17-13-28)39(3)4/h5-22H,23H2,1-4H3,(H,36,40)(H,37,41)/b34-21+,35-22+. The van der Waals surface area contributed by atoms with Crippen LogP contribution in [-0.4, -0.2) is 52.4 Å². The Morgan fingerprint density at radius 2 is 1.12 bits per heavy atom. The minimum atomic E-state index is -0.323. The van der Waals surface area contributed by atoms with Crippen molar-refractivity contribution in [3.63, 3.8) is 0 Å². The van der Waals surface area contributed by atoms with Crippen LogP contribution in [0.5, 0.6) is 5.75 Å². The normalized spacial score (nSPS) is 11.0. The second-order valence-electron chi connectivity index (χ2n) is 9.89. The van der Waals surface area contributed by atoms with Gasteiger partial charge in [-0.15, -0.1) is 0 Å². The lowest BCUT2D eigenvalue weighted by atomic mass is 10.1. The molecule has 0 heterocycles. The van der Waals surface area contributed by atoms with E-state index in [1.165, 1.54) is 12.4 Å². The molecule has 0 aromatic heterocycles. The van der Waals surface area contributed by atoms with Gasteiger partial charge in [-0.3, -0.25) is 9.59 Å². The lowest BCUT2D eigenvalue weighted by molar-refractivity contribution is 0.0947. The van der Waals surface area contributed by atoms with Gasteiger partial charge in [0, 0.05) is 50.7 Å². The summed E-state index contributed by atoms with van der Waals surface area (Å²) in [5, 5.41) is 8.27. The van der Waals surface area contributed by atoms with Gasteiger partial charge in [0.05, 0.1) is 12.4 Å². The summed E-state index contributed by atoms with van der Waals surface area (Å²) in [6.07, 6.45) is 3.06. The molecule has 0 aliphatic heterocycles. The molecule has 0 saturated carbocycles. The fourth-order valence-electron chi connectivity index (χ4n) is 3.90. The van der Waals surface area contributed by atoms with Gasteiger partial charge >= 0.3 is 0 Å². The Bertz CT molecular complexity index is 1450. The fraction of sp³-hybridized carbons (Fsp3) is 0.152. The van der Waals surface area contributed by atoms with Crippen molar-refractivity contribution in [2.75, 3.05) is 38.0 Å². The van der Waals surface area contributed by atoms with E-state index >= 15 is 0 Å². The van der Waals surface area contributed by atoms with Crippen molar-refractivity contribution < 1.29 is 14.3 Å². The van der Waals surface area contributed by atoms with Crippen LogP contribution < -0.4 is 25.4 Å². The third-order valence-corrected chi connectivity index (χ3v) is 6.25. The quantitative estimate of drug-likeness (QED) is 0.200. The second kappa shape index (κ2) is 14.3. The van der Waals surface area contributed by atoms with Gasteiger partial charge in [-0.1, -0.05) is 30.3 Å². The highest BCUT2D eigenvalue weighted by atomic mass is 16.5. The Labute approximate surface area is 246 Å². The van der Waals surface area contributed by atoms with Gasteiger partial charge in [-0.25, -0.2) is 10.9 Å². The highest BCUT2D eigenvalue weighted by molar-refractivity contribution is 5.96. The van der Waals surface area contributed by atoms with Gasteiger partial charge in [0.2, 0.25) is 0 Å². The highest BCUT2D eigenvalue weighted by Crippen LogP contribution is 2.18. The SMILES string of the molecule is CN(C)c1ccc(C(=O)N/N=C/c2cc(/C=N/NC(=O)c3ccc(N(C)C)cc3)cc(OCc3ccccc3)c2)cc1. The third-order valence-electron chi connectivity index (χ3n) is 6.25. The number of hydrogen-bond acceptors (Lipinski definition) is 7. The zero-order valence-corrected chi connectivity index (χ0v) is 24.1. The van der Waals surface area contributed by atoms with Crippen LogP contribution in [0.2, 0.25) is 0 Å². The van der Waals surface area contributed by atoms with Crippen molar-refractivity contribution in [2.24, 2.45) is 10.2 Å². The van der Waals surface area contributed by atoms with E-state index in [1.54, 1.807) is 24.3 Å². The first kappa shape index (κ1) is 29.5. The summed E-state index contributed by atoms with van der Waals surface area (Å²) in [6, 6.07) is 29.7. The van der Waals surface area contributed by atoms with Crippen molar-refractivity contribution in [1.29, 1.82) is 0 Å². The van der Waals surface area contributed by atoms with Crippen molar-refractivity contribution in [3.8, 4) is 5.75 Å². The van der Waals surface area contributed by atoms with Crippen molar-refractivity contribution >= 4 is 35.6 Å². The molecule has 4 aromatic carbocycles. The van der Waals surface area contributed by atoms with E-state index in [4.69, 9.17) is 4.74 Å². The number of ether oxygens (including phenoxy) is 1. The third kappa shape index (κ3) is 8.53. The number of carbonyl (C=O) groups excluding carboxylic acids is 2. The molecule has 4 aromatic rings. The van der Waals surface area contributed by atoms with E-state index in [0.29, 0.717) is 34.6 Å². The van der Waals surface area contributed by atoms with Crippen LogP contribution in [0.15, 0.2) is 107 Å². The Balaban J connectivity index is 1.46. The Hall–Kier alpha value is -5.44. The number of rotatable bonds is 11. The van der Waals surface area contributed by atoms with Crippen LogP contribution in [0.1, 0.15) is 37.4 Å². The maximum atomic E-state index is 12.6. The minimum Gasteiger partial charge on any atom is -0.489 e. The molecule has 0 spiro atoms. The van der Waals surface area contributed by atoms with Crippen molar-refractivity contribution in [2.45, 2.75) is 6.61 Å². The van der Waals surface area contributed by atoms with Gasteiger partial charge in [-0.2, -0.15) is 10.2 Å². The zero-order chi connectivity index (χ0) is 29.9. The number of carbonyl (C=O) groups is 2. The van der Waals surface area contributed by atoms with Crippen molar-refractivity contribution in [3.05, 3.63) is 125 Å². The first-order chi connectivity index (χ1) is 20.3. The molecule has 0 atom stereocenters. The molecule has 4 rings (SSSR count). The monoisotopic (exact) mass is 562 g/mol. The predicted octanol–water partition coefficient (Wildman–Crippen LogP) is 4.93. The largest absolute Gasteiger partial charge is 0.489 e. The Morgan fingerprint density at radius 3 is 1.55 bits per heavy atom. The number of nitrogens with zero attached hydrogens (tertiary/aromatic N) is 4. The predicted molar refractivity (Wildman–Crippen MR) is 169 cm³/mol. The van der Waals surface area contributed by atoms with Gasteiger partial charge in [-0.05, 0) is 83.4 Å². The minimum absolute atomic E-state index is 0.323. The van der Waals surface area contributed by atoms with Crippen LogP contribution in [-0.2, 0) is 6.61 Å². The van der Waals surface area contributed by atoms with Crippen LogP contribution in [0.4, 0.5) is 11.4 Å². The molecule has 214 valence electrons. The number of benzene rings is 4. The van der Waals surface area contributed by atoms with E-state index < -0.39 is 0 Å². The van der Waals surface area contributed by atoms with Gasteiger partial charge in [0.25, 0.3) is 11.8 Å². The lowest BCUT2D eigenvalue weighted by Crippen LogP contribution is -2.18. The summed E-state index contributed by atoms with van der Waals surface area (Å²) in [7, 11) is 7.75. The Kier molecular flexibility index (Phi) is 10.0. The molecular weight excluding hydrogens is 528 g/mol. The summed E-state index contributed by atoms with van der Waals surface area (Å²) < 4.78 is 6.02. The molecule has 0 saturated heterocycles. The molecule has 0 radical (unpaired) electrons. The maximum absolute atomic E-state index is 12.6. The molecule has 42 heavy (non-hydrogen) atoms. The molecule has 0 fully saturated rings. The van der Waals surface area contributed by atoms with E-state index in [-0.39, 0.29) is 11.8 Å². The first-order valence-electron chi connectivity index (χ1n) is 13.3. The van der Waals surface area contributed by atoms with Crippen LogP contribution in [0.3, 0.4) is 0 Å². The number of amides is 2. The molecular formula is C33H34N6O3. The second-order valence-corrected chi connectivity index (χ2v) is 9.89. The number of hydrogen-bond donors (Lipinski definition) is 2. The summed E-state index contributed by atoms with van der Waals surface area (Å²) >= 11 is 0. The van der Waals surface area contributed by atoms with Crippen LogP contribution in [0.25, 0.3) is 0 Å². The number of hydrazone groups is 2. The van der Waals surface area contributed by atoms with Crippen LogP contribution in [0, 0.1) is 0 Å². The lowest BCUT2D eigenvalue weighted by Gasteiger charge is -2.12. The fourth-order valence-corrected chi connectivity index (χ4v) is 3.90. The summed E-state index contributed by atoms with van der Waals surface area (Å²) in [4.78, 5) is 29.0. The number of anilines is 2. The van der Waals surface area contributed by atoms with Gasteiger partial charge < -0.3 is 14.5 Å². The van der Waals surface area contributed by atoms with E-state index in [0.717, 1.165) is 16.9 Å². The van der Waals surface area contributed by atoms with Gasteiger partial charge in [0.1, 0.15) is 12.4 Å². The van der Waals surface area contributed by atoms with E-state index in [9.17, 15) is 9.59 Å². The first-order valence-corrected chi connectivity index (χ1v) is 13.3. The Morgan fingerprint density at radius 1 is 0.667 bits per heavy atom. The zero-order valence-electron chi connectivity index (χ0n) is 24.1. The molecule has 2 N–H and O–H groups in total. The molecule has 2 amide bonds. The van der Waals surface area contributed by atoms with Crippen LogP contribution >= 0.6 is 0 Å². The van der Waals surface area contributed by atoms with Gasteiger partial charge in [0.15, 0.2) is 0 Å². The van der Waals surface area contributed by atoms with Crippen molar-refractivity contribution in [1.82, 2.24) is 10.9 Å². The topological polar surface area (TPSA) is 98.6 Å².